The van der Waals surface area contributed by atoms with Gasteiger partial charge in [-0.25, -0.2) is 4.79 Å². The lowest BCUT2D eigenvalue weighted by molar-refractivity contribution is 0.0529. The van der Waals surface area contributed by atoms with Crippen molar-refractivity contribution in [3.05, 3.63) is 65.7 Å². The molecule has 1 atom stereocenters. The van der Waals surface area contributed by atoms with E-state index in [0.717, 1.165) is 16.9 Å². The average Bonchev–Trinajstić information content (AvgIpc) is 2.59. The minimum absolute atomic E-state index is 0.239. The molecule has 2 N–H and O–H groups in total. The predicted molar refractivity (Wildman–Crippen MR) is 98.7 cm³/mol. The number of benzene rings is 2. The van der Waals surface area contributed by atoms with Crippen LogP contribution in [-0.4, -0.2) is 42.3 Å². The van der Waals surface area contributed by atoms with Gasteiger partial charge in [-0.1, -0.05) is 42.5 Å². The molecule has 2 amide bonds. The van der Waals surface area contributed by atoms with Crippen LogP contribution in [0.1, 0.15) is 31.0 Å². The molecule has 0 bridgehead atoms. The third kappa shape index (κ3) is 5.50. The highest BCUT2D eigenvalue weighted by molar-refractivity contribution is 5.75. The van der Waals surface area contributed by atoms with Crippen molar-refractivity contribution in [3.8, 4) is 5.75 Å². The molecule has 0 fully saturated rings. The van der Waals surface area contributed by atoms with Crippen LogP contribution in [0, 0.1) is 0 Å². The molecule has 0 unspecified atom stereocenters. The second-order valence-electron chi connectivity index (χ2n) is 6.73. The van der Waals surface area contributed by atoms with Gasteiger partial charge in [-0.2, -0.15) is 0 Å². The van der Waals surface area contributed by atoms with Gasteiger partial charge in [0.25, 0.3) is 0 Å². The fourth-order valence-corrected chi connectivity index (χ4v) is 2.69. The standard InChI is InChI=1S/C20H26N2O3/c1-20(2,24)14-22(3)19(23)21-18(15-8-6-5-7-9-15)16-10-12-17(25-4)13-11-16/h5-13,18,24H,14H2,1-4H3,(H,21,23)/t18-/m1/s1. The number of methoxy groups -OCH3 is 1. The zero-order valence-electron chi connectivity index (χ0n) is 15.2. The summed E-state index contributed by atoms with van der Waals surface area (Å²) < 4.78 is 5.21. The number of hydrogen-bond donors (Lipinski definition) is 2. The number of urea groups is 1. The Hall–Kier alpha value is -2.53. The summed E-state index contributed by atoms with van der Waals surface area (Å²) in [7, 11) is 3.29. The normalized spacial score (nSPS) is 12.4. The van der Waals surface area contributed by atoms with Crippen LogP contribution in [-0.2, 0) is 0 Å². The van der Waals surface area contributed by atoms with Gasteiger partial charge in [-0.15, -0.1) is 0 Å². The van der Waals surface area contributed by atoms with Crippen molar-refractivity contribution in [3.63, 3.8) is 0 Å². The van der Waals surface area contributed by atoms with Crippen LogP contribution in [0.25, 0.3) is 0 Å². The summed E-state index contributed by atoms with van der Waals surface area (Å²) in [5.74, 6) is 0.765. The van der Waals surface area contributed by atoms with E-state index in [-0.39, 0.29) is 18.6 Å². The molecule has 134 valence electrons. The summed E-state index contributed by atoms with van der Waals surface area (Å²) in [5, 5.41) is 13.0. The van der Waals surface area contributed by atoms with E-state index in [4.69, 9.17) is 4.74 Å². The number of nitrogens with zero attached hydrogens (tertiary/aromatic N) is 1. The Morgan fingerprint density at radius 1 is 1.12 bits per heavy atom. The van der Waals surface area contributed by atoms with Gasteiger partial charge >= 0.3 is 6.03 Å². The van der Waals surface area contributed by atoms with Crippen molar-refractivity contribution in [2.45, 2.75) is 25.5 Å². The van der Waals surface area contributed by atoms with Gasteiger partial charge in [-0.05, 0) is 37.1 Å². The molecular weight excluding hydrogens is 316 g/mol. The predicted octanol–water partition coefficient (Wildman–Crippen LogP) is 3.20. The molecule has 0 aliphatic carbocycles. The first-order valence-corrected chi connectivity index (χ1v) is 8.23. The maximum absolute atomic E-state index is 12.6. The number of aliphatic hydroxyl groups is 1. The van der Waals surface area contributed by atoms with E-state index in [1.165, 1.54) is 4.90 Å². The molecule has 2 rings (SSSR count). The monoisotopic (exact) mass is 342 g/mol. The molecule has 0 radical (unpaired) electrons. The van der Waals surface area contributed by atoms with E-state index in [1.807, 2.05) is 54.6 Å². The minimum atomic E-state index is -0.950. The first kappa shape index (κ1) is 18.8. The molecular formula is C20H26N2O3. The van der Waals surface area contributed by atoms with E-state index in [2.05, 4.69) is 5.32 Å². The van der Waals surface area contributed by atoms with Gasteiger partial charge in [0.05, 0.1) is 25.3 Å². The zero-order valence-corrected chi connectivity index (χ0v) is 15.2. The maximum atomic E-state index is 12.6. The van der Waals surface area contributed by atoms with Crippen LogP contribution in [0.4, 0.5) is 4.79 Å². The van der Waals surface area contributed by atoms with E-state index in [0.29, 0.717) is 0 Å². The van der Waals surface area contributed by atoms with Gasteiger partial charge in [0.1, 0.15) is 5.75 Å². The van der Waals surface area contributed by atoms with Crippen LogP contribution >= 0.6 is 0 Å². The number of nitrogens with one attached hydrogen (secondary N) is 1. The van der Waals surface area contributed by atoms with E-state index in [9.17, 15) is 9.90 Å². The fourth-order valence-electron chi connectivity index (χ4n) is 2.69. The SMILES string of the molecule is COc1ccc([C@H](NC(=O)N(C)CC(C)(C)O)c2ccccc2)cc1. The highest BCUT2D eigenvalue weighted by Gasteiger charge is 2.23. The van der Waals surface area contributed by atoms with E-state index >= 15 is 0 Å². The molecule has 0 spiro atoms. The number of hydrogen-bond acceptors (Lipinski definition) is 3. The van der Waals surface area contributed by atoms with Gasteiger partial charge in [0.2, 0.25) is 0 Å². The number of amides is 2. The van der Waals surface area contributed by atoms with E-state index in [1.54, 1.807) is 28.0 Å². The molecule has 2 aromatic rings. The quantitative estimate of drug-likeness (QED) is 0.847. The largest absolute Gasteiger partial charge is 0.497 e. The van der Waals surface area contributed by atoms with Gasteiger partial charge in [0.15, 0.2) is 0 Å². The van der Waals surface area contributed by atoms with Crippen LogP contribution in [0.15, 0.2) is 54.6 Å². The molecule has 0 saturated carbocycles. The van der Waals surface area contributed by atoms with Crippen LogP contribution in [0.2, 0.25) is 0 Å². The number of carbonyl (C=O) groups excluding carboxylic acids is 1. The minimum Gasteiger partial charge on any atom is -0.497 e. The number of rotatable bonds is 6. The summed E-state index contributed by atoms with van der Waals surface area (Å²) in [6, 6.07) is 16.9. The van der Waals surface area contributed by atoms with Crippen molar-refractivity contribution in [2.24, 2.45) is 0 Å². The molecule has 0 aromatic heterocycles. The first-order chi connectivity index (χ1) is 11.8. The third-order valence-corrected chi connectivity index (χ3v) is 3.82. The molecule has 0 saturated heterocycles. The van der Waals surface area contributed by atoms with Gasteiger partial charge in [-0.3, -0.25) is 0 Å². The lowest BCUT2D eigenvalue weighted by atomic mass is 9.98. The molecule has 2 aromatic carbocycles. The Balaban J connectivity index is 2.24. The average molecular weight is 342 g/mol. The van der Waals surface area contributed by atoms with Crippen LogP contribution < -0.4 is 10.1 Å². The Bertz CT molecular complexity index is 678. The highest BCUT2D eigenvalue weighted by Crippen LogP contribution is 2.24. The Morgan fingerprint density at radius 2 is 1.68 bits per heavy atom. The van der Waals surface area contributed by atoms with Crippen LogP contribution in [0.5, 0.6) is 5.75 Å². The maximum Gasteiger partial charge on any atom is 0.317 e. The first-order valence-electron chi connectivity index (χ1n) is 8.23. The molecule has 0 aliphatic rings. The smallest absolute Gasteiger partial charge is 0.317 e. The molecule has 0 heterocycles. The second-order valence-corrected chi connectivity index (χ2v) is 6.73. The van der Waals surface area contributed by atoms with Gasteiger partial charge in [0, 0.05) is 7.05 Å². The fraction of sp³-hybridized carbons (Fsp3) is 0.350. The molecule has 5 nitrogen and oxygen atoms in total. The topological polar surface area (TPSA) is 61.8 Å². The van der Waals surface area contributed by atoms with Crippen LogP contribution in [0.3, 0.4) is 0 Å². The van der Waals surface area contributed by atoms with Crippen molar-refractivity contribution in [1.29, 1.82) is 0 Å². The Labute approximate surface area is 149 Å². The molecule has 0 aliphatic heterocycles. The van der Waals surface area contributed by atoms with Crippen molar-refractivity contribution in [1.82, 2.24) is 10.2 Å². The summed E-state index contributed by atoms with van der Waals surface area (Å²) in [6.45, 7) is 3.59. The zero-order chi connectivity index (χ0) is 18.4. The summed E-state index contributed by atoms with van der Waals surface area (Å²) in [5.41, 5.74) is 0.990. The highest BCUT2D eigenvalue weighted by atomic mass is 16.5. The molecule has 5 heteroatoms. The number of likely N-dealkylation sites (N-methyl/N-ethyl adjacent to an activating group) is 1. The number of ether oxygens (including phenoxy) is 1. The molecule has 25 heavy (non-hydrogen) atoms. The second kappa shape index (κ2) is 8.03. The van der Waals surface area contributed by atoms with Gasteiger partial charge < -0.3 is 20.1 Å². The van der Waals surface area contributed by atoms with Crippen molar-refractivity contribution >= 4 is 6.03 Å². The summed E-state index contributed by atoms with van der Waals surface area (Å²) in [4.78, 5) is 14.1. The van der Waals surface area contributed by atoms with Crippen molar-refractivity contribution < 1.29 is 14.6 Å². The third-order valence-electron chi connectivity index (χ3n) is 3.82. The Kier molecular flexibility index (Phi) is 6.04. The Morgan fingerprint density at radius 3 is 2.20 bits per heavy atom. The van der Waals surface area contributed by atoms with E-state index < -0.39 is 5.60 Å². The summed E-state index contributed by atoms with van der Waals surface area (Å²) in [6.07, 6.45) is 0. The lowest BCUT2D eigenvalue weighted by Gasteiger charge is -2.28. The number of carbonyl (C=O) groups is 1. The lowest BCUT2D eigenvalue weighted by Crippen LogP contribution is -2.45. The summed E-state index contributed by atoms with van der Waals surface area (Å²) >= 11 is 0. The van der Waals surface area contributed by atoms with Crippen molar-refractivity contribution in [2.75, 3.05) is 20.7 Å².